The lowest BCUT2D eigenvalue weighted by molar-refractivity contribution is 0.332. The molecule has 71 heavy (non-hydrogen) atoms. The van der Waals surface area contributed by atoms with Crippen LogP contribution in [0.3, 0.4) is 0 Å². The number of rotatable bonds is 3. The summed E-state index contributed by atoms with van der Waals surface area (Å²) in [6.45, 7) is 43.4. The number of fused-ring (bicyclic) bond motifs is 8. The van der Waals surface area contributed by atoms with Crippen LogP contribution in [0.25, 0.3) is 21.2 Å². The Morgan fingerprint density at radius 2 is 0.986 bits per heavy atom. The summed E-state index contributed by atoms with van der Waals surface area (Å²) in [4.78, 5) is 5.43. The van der Waals surface area contributed by atoms with Gasteiger partial charge in [0.2, 0.25) is 0 Å². The Kier molecular flexibility index (Phi) is 10.5. The molecule has 0 unspecified atom stereocenters. The SMILES string of the molecule is Cc1ccc2c(c1)B1c3sc4ccc(C(C)(C)C)cc4c3N(c3ccc4c(c3)C(C)(C)CCC4(C)C)c3cc(C(C)(C)C)cc(c31)N2c1ccc(C(C)(C)C)cc1-c1ccc2c(c1)C(C)(C)CCC2(C)C. The fraction of sp³-hybridized carbons (Fsp3) is 0.433. The fourth-order valence-electron chi connectivity index (χ4n) is 12.9. The van der Waals surface area contributed by atoms with Gasteiger partial charge in [-0.05, 0) is 181 Å². The number of hydrogen-bond acceptors (Lipinski definition) is 3. The number of thiophene rings is 1. The van der Waals surface area contributed by atoms with E-state index in [0.717, 1.165) is 0 Å². The standard InChI is InChI=1S/C67H79BN2S/c1-40-19-26-54-52(33-40)68-58-55(69(45-23-25-49-51(39-45)67(17,18)32-30-65(49,13)14)59-47-36-43(62(5,6)7)22-28-57(47)71-60(59)68)37-44(63(8,9)10)38-56(58)70(54)53-27-21-42(61(2,3)4)35-46(53)41-20-24-48-50(34-41)66(15,16)31-29-64(48,11)12/h19-28,33-39H,29-32H2,1-18H3. The minimum atomic E-state index is -0.125. The molecule has 366 valence electrons. The van der Waals surface area contributed by atoms with Crippen LogP contribution in [-0.4, -0.2) is 6.71 Å². The molecule has 0 saturated heterocycles. The summed E-state index contributed by atoms with van der Waals surface area (Å²) in [6.07, 6.45) is 4.76. The Morgan fingerprint density at radius 3 is 1.59 bits per heavy atom. The molecule has 0 spiro atoms. The van der Waals surface area contributed by atoms with Crippen molar-refractivity contribution in [1.82, 2.24) is 0 Å². The average Bonchev–Trinajstić information content (AvgIpc) is 3.66. The number of benzene rings is 6. The van der Waals surface area contributed by atoms with Gasteiger partial charge in [-0.1, -0.05) is 172 Å². The topological polar surface area (TPSA) is 6.48 Å². The third-order valence-electron chi connectivity index (χ3n) is 17.9. The van der Waals surface area contributed by atoms with Crippen molar-refractivity contribution in [3.05, 3.63) is 148 Å². The van der Waals surface area contributed by atoms with E-state index in [1.165, 1.54) is 141 Å². The first-order chi connectivity index (χ1) is 33.0. The second kappa shape index (κ2) is 15.5. The van der Waals surface area contributed by atoms with Crippen LogP contribution in [-0.2, 0) is 37.9 Å². The van der Waals surface area contributed by atoms with Gasteiger partial charge < -0.3 is 9.80 Å². The molecule has 0 fully saturated rings. The van der Waals surface area contributed by atoms with Crippen molar-refractivity contribution in [2.45, 2.75) is 188 Å². The van der Waals surface area contributed by atoms with E-state index in [1.54, 1.807) is 0 Å². The van der Waals surface area contributed by atoms with Crippen LogP contribution in [0.1, 0.15) is 188 Å². The zero-order valence-corrected chi connectivity index (χ0v) is 47.3. The number of anilines is 6. The molecule has 0 bridgehead atoms. The molecule has 4 heteroatoms. The minimum absolute atomic E-state index is 0.00766. The largest absolute Gasteiger partial charge is 0.311 e. The number of nitrogens with zero attached hydrogens (tertiary/aromatic N) is 2. The van der Waals surface area contributed by atoms with Crippen LogP contribution in [0.15, 0.2) is 103 Å². The van der Waals surface area contributed by atoms with E-state index < -0.39 is 0 Å². The Balaban J connectivity index is 1.26. The van der Waals surface area contributed by atoms with Gasteiger partial charge in [0.25, 0.3) is 6.71 Å². The predicted octanol–water partition coefficient (Wildman–Crippen LogP) is 17.5. The van der Waals surface area contributed by atoms with Crippen molar-refractivity contribution in [2.75, 3.05) is 9.80 Å². The van der Waals surface area contributed by atoms with Gasteiger partial charge in [0.15, 0.2) is 0 Å². The second-order valence-electron chi connectivity index (χ2n) is 28.1. The van der Waals surface area contributed by atoms with E-state index in [2.05, 4.69) is 238 Å². The third-order valence-corrected chi connectivity index (χ3v) is 19.1. The Morgan fingerprint density at radius 1 is 0.465 bits per heavy atom. The van der Waals surface area contributed by atoms with Crippen molar-refractivity contribution < 1.29 is 0 Å². The maximum Gasteiger partial charge on any atom is 0.264 e. The maximum absolute atomic E-state index is 2.74. The van der Waals surface area contributed by atoms with Crippen molar-refractivity contribution >= 4 is 78.0 Å². The molecule has 0 radical (unpaired) electrons. The minimum Gasteiger partial charge on any atom is -0.311 e. The number of aryl methyl sites for hydroxylation is 1. The smallest absolute Gasteiger partial charge is 0.264 e. The van der Waals surface area contributed by atoms with Crippen LogP contribution in [0.5, 0.6) is 0 Å². The molecule has 0 saturated carbocycles. The molecule has 6 aromatic carbocycles. The first kappa shape index (κ1) is 48.2. The normalized spacial score (nSPS) is 18.4. The van der Waals surface area contributed by atoms with Crippen molar-refractivity contribution in [1.29, 1.82) is 0 Å². The quantitative estimate of drug-likeness (QED) is 0.163. The zero-order valence-electron chi connectivity index (χ0n) is 46.5. The summed E-state index contributed by atoms with van der Waals surface area (Å²) < 4.78 is 2.79. The molecule has 1 aromatic heterocycles. The Bertz CT molecular complexity index is 3350. The summed E-state index contributed by atoms with van der Waals surface area (Å²) in [6, 6.07) is 42.4. The average molecular weight is 955 g/mol. The molecule has 2 aliphatic heterocycles. The van der Waals surface area contributed by atoms with Crippen molar-refractivity contribution in [3.63, 3.8) is 0 Å². The molecule has 0 N–H and O–H groups in total. The van der Waals surface area contributed by atoms with Gasteiger partial charge in [-0.2, -0.15) is 0 Å². The molecule has 11 rings (SSSR count). The first-order valence-electron chi connectivity index (χ1n) is 26.9. The maximum atomic E-state index is 2.74. The Labute approximate surface area is 432 Å². The molecule has 0 atom stereocenters. The van der Waals surface area contributed by atoms with E-state index in [4.69, 9.17) is 0 Å². The van der Waals surface area contributed by atoms with E-state index in [0.29, 0.717) is 0 Å². The summed E-state index contributed by atoms with van der Waals surface area (Å²) in [7, 11) is 0. The monoisotopic (exact) mass is 955 g/mol. The van der Waals surface area contributed by atoms with Gasteiger partial charge in [0.1, 0.15) is 0 Å². The van der Waals surface area contributed by atoms with Gasteiger partial charge in [0, 0.05) is 43.2 Å². The lowest BCUT2D eigenvalue weighted by Gasteiger charge is -2.46. The van der Waals surface area contributed by atoms with Crippen molar-refractivity contribution in [2.24, 2.45) is 0 Å². The van der Waals surface area contributed by atoms with Gasteiger partial charge in [0.05, 0.1) is 11.4 Å². The molecular weight excluding hydrogens is 876 g/mol. The van der Waals surface area contributed by atoms with E-state index in [-0.39, 0.29) is 44.6 Å². The van der Waals surface area contributed by atoms with Gasteiger partial charge in [-0.15, -0.1) is 11.3 Å². The molecule has 4 aliphatic rings. The lowest BCUT2D eigenvalue weighted by atomic mass is 9.36. The molecular formula is C67H79BN2S. The molecule has 3 heterocycles. The van der Waals surface area contributed by atoms with Crippen molar-refractivity contribution in [3.8, 4) is 11.1 Å². The zero-order chi connectivity index (χ0) is 50.9. The highest BCUT2D eigenvalue weighted by Gasteiger charge is 2.47. The van der Waals surface area contributed by atoms with Crippen LogP contribution in [0, 0.1) is 6.92 Å². The summed E-state index contributed by atoms with van der Waals surface area (Å²) in [5, 5.41) is 1.36. The highest BCUT2D eigenvalue weighted by molar-refractivity contribution is 7.33. The van der Waals surface area contributed by atoms with E-state index >= 15 is 0 Å². The van der Waals surface area contributed by atoms with Crippen LogP contribution in [0.2, 0.25) is 0 Å². The molecule has 7 aromatic rings. The lowest BCUT2D eigenvalue weighted by Crippen LogP contribution is -2.60. The summed E-state index contributed by atoms with van der Waals surface area (Å²) in [5.41, 5.74) is 24.8. The van der Waals surface area contributed by atoms with Gasteiger partial charge >= 0.3 is 0 Å². The van der Waals surface area contributed by atoms with Gasteiger partial charge in [-0.25, -0.2) is 0 Å². The van der Waals surface area contributed by atoms with E-state index in [9.17, 15) is 0 Å². The van der Waals surface area contributed by atoms with E-state index in [1.807, 2.05) is 11.3 Å². The molecule has 2 nitrogen and oxygen atoms in total. The van der Waals surface area contributed by atoms with Gasteiger partial charge in [-0.3, -0.25) is 0 Å². The molecule has 0 amide bonds. The Hall–Kier alpha value is -5.06. The number of hydrogen-bond donors (Lipinski definition) is 0. The van der Waals surface area contributed by atoms with Crippen LogP contribution in [0.4, 0.5) is 34.1 Å². The summed E-state index contributed by atoms with van der Waals surface area (Å²) >= 11 is 2.02. The fourth-order valence-corrected chi connectivity index (χ4v) is 14.2. The third kappa shape index (κ3) is 7.60. The predicted molar refractivity (Wildman–Crippen MR) is 313 cm³/mol. The van der Waals surface area contributed by atoms with Crippen LogP contribution >= 0.6 is 11.3 Å². The second-order valence-corrected chi connectivity index (χ2v) is 29.2. The highest BCUT2D eigenvalue weighted by atomic mass is 32.1. The highest BCUT2D eigenvalue weighted by Crippen LogP contribution is 2.54. The van der Waals surface area contributed by atoms with Crippen LogP contribution < -0.4 is 25.5 Å². The molecule has 2 aliphatic carbocycles. The first-order valence-corrected chi connectivity index (χ1v) is 27.7. The summed E-state index contributed by atoms with van der Waals surface area (Å²) in [5.74, 6) is 0.